The Kier molecular flexibility index (Phi) is 3.38. The second kappa shape index (κ2) is 5.40. The standard InChI is InChI=1S/C19H11ClOSe/c20-13-9-8-12(11-21)17(10-13)16-6-3-5-15-14-4-1-2-7-18(14)22-19(15)16/h1-11H. The van der Waals surface area contributed by atoms with Gasteiger partial charge in [-0.05, 0) is 0 Å². The van der Waals surface area contributed by atoms with E-state index in [-0.39, 0.29) is 14.5 Å². The van der Waals surface area contributed by atoms with Crippen LogP contribution >= 0.6 is 11.6 Å². The first kappa shape index (κ1) is 13.8. The third-order valence-corrected chi connectivity index (χ3v) is 6.63. The first-order chi connectivity index (χ1) is 10.8. The quantitative estimate of drug-likeness (QED) is 0.351. The van der Waals surface area contributed by atoms with E-state index in [0.717, 1.165) is 17.4 Å². The number of hydrogen-bond acceptors (Lipinski definition) is 1. The molecule has 4 aromatic rings. The van der Waals surface area contributed by atoms with Crippen molar-refractivity contribution in [1.82, 2.24) is 0 Å². The van der Waals surface area contributed by atoms with Crippen LogP contribution in [0.2, 0.25) is 5.02 Å². The maximum absolute atomic E-state index is 11.4. The van der Waals surface area contributed by atoms with Crippen molar-refractivity contribution in [2.75, 3.05) is 0 Å². The van der Waals surface area contributed by atoms with E-state index in [1.54, 1.807) is 12.1 Å². The van der Waals surface area contributed by atoms with Crippen molar-refractivity contribution in [2.24, 2.45) is 0 Å². The molecule has 0 radical (unpaired) electrons. The average molecular weight is 370 g/mol. The summed E-state index contributed by atoms with van der Waals surface area (Å²) in [6.45, 7) is 0. The van der Waals surface area contributed by atoms with Crippen LogP contribution in [0.1, 0.15) is 10.4 Å². The molecule has 0 amide bonds. The molecule has 1 heterocycles. The minimum absolute atomic E-state index is 0.255. The van der Waals surface area contributed by atoms with Crippen molar-refractivity contribution < 1.29 is 4.79 Å². The molecule has 3 heteroatoms. The molecule has 0 N–H and O–H groups in total. The summed E-state index contributed by atoms with van der Waals surface area (Å²) in [7, 11) is 0. The second-order valence-electron chi connectivity index (χ2n) is 5.13. The van der Waals surface area contributed by atoms with Crippen molar-refractivity contribution in [2.45, 2.75) is 0 Å². The maximum atomic E-state index is 11.4. The number of rotatable bonds is 2. The van der Waals surface area contributed by atoms with Gasteiger partial charge in [-0.25, -0.2) is 0 Å². The molecule has 0 unspecified atom stereocenters. The van der Waals surface area contributed by atoms with Crippen LogP contribution in [0.4, 0.5) is 0 Å². The van der Waals surface area contributed by atoms with Crippen LogP contribution < -0.4 is 0 Å². The Labute approximate surface area is 138 Å². The van der Waals surface area contributed by atoms with Gasteiger partial charge in [0.1, 0.15) is 0 Å². The normalized spacial score (nSPS) is 11.1. The fourth-order valence-corrected chi connectivity index (χ4v) is 5.58. The van der Waals surface area contributed by atoms with Crippen molar-refractivity contribution in [3.63, 3.8) is 0 Å². The first-order valence-electron chi connectivity index (χ1n) is 6.93. The number of benzene rings is 3. The molecule has 0 saturated heterocycles. The second-order valence-corrected chi connectivity index (χ2v) is 7.77. The molecule has 106 valence electrons. The fraction of sp³-hybridized carbons (Fsp3) is 0. The molecule has 0 aliphatic rings. The monoisotopic (exact) mass is 370 g/mol. The number of fused-ring (bicyclic) bond motifs is 3. The summed E-state index contributed by atoms with van der Waals surface area (Å²) in [4.78, 5) is 11.4. The Balaban J connectivity index is 2.12. The first-order valence-corrected chi connectivity index (χ1v) is 9.02. The van der Waals surface area contributed by atoms with Gasteiger partial charge in [-0.1, -0.05) is 0 Å². The molecule has 3 aromatic carbocycles. The van der Waals surface area contributed by atoms with Gasteiger partial charge in [0, 0.05) is 0 Å². The Morgan fingerprint density at radius 2 is 1.68 bits per heavy atom. The molecule has 22 heavy (non-hydrogen) atoms. The zero-order valence-corrected chi connectivity index (χ0v) is 14.0. The predicted octanol–water partition coefficient (Wildman–Crippen LogP) is 5.18. The van der Waals surface area contributed by atoms with Crippen molar-refractivity contribution in [1.29, 1.82) is 0 Å². The summed E-state index contributed by atoms with van der Waals surface area (Å²) >= 11 is 6.41. The molecule has 0 fully saturated rings. The van der Waals surface area contributed by atoms with Gasteiger partial charge in [-0.3, -0.25) is 0 Å². The molecular formula is C19H11ClOSe. The summed E-state index contributed by atoms with van der Waals surface area (Å²) in [5.41, 5.74) is 2.73. The summed E-state index contributed by atoms with van der Waals surface area (Å²) in [6.07, 6.45) is 0.903. The van der Waals surface area contributed by atoms with Crippen LogP contribution in [0, 0.1) is 0 Å². The van der Waals surface area contributed by atoms with Crippen LogP contribution in [-0.4, -0.2) is 20.8 Å². The summed E-state index contributed by atoms with van der Waals surface area (Å²) < 4.78 is 2.73. The summed E-state index contributed by atoms with van der Waals surface area (Å²) in [5.74, 6) is 0. The minimum atomic E-state index is 0.255. The van der Waals surface area contributed by atoms with Crippen molar-refractivity contribution >= 4 is 51.7 Å². The van der Waals surface area contributed by atoms with Gasteiger partial charge < -0.3 is 0 Å². The number of halogens is 1. The van der Waals surface area contributed by atoms with E-state index >= 15 is 0 Å². The number of aldehydes is 1. The Bertz CT molecular complexity index is 1020. The molecule has 0 aliphatic carbocycles. The van der Waals surface area contributed by atoms with E-state index in [1.807, 2.05) is 6.07 Å². The molecule has 1 aromatic heterocycles. The van der Waals surface area contributed by atoms with Crippen LogP contribution in [0.5, 0.6) is 0 Å². The van der Waals surface area contributed by atoms with Gasteiger partial charge in [0.2, 0.25) is 0 Å². The zero-order chi connectivity index (χ0) is 15.1. The molecule has 0 atom stereocenters. The van der Waals surface area contributed by atoms with Gasteiger partial charge in [-0.15, -0.1) is 0 Å². The van der Waals surface area contributed by atoms with Gasteiger partial charge in [-0.2, -0.15) is 0 Å². The zero-order valence-electron chi connectivity index (χ0n) is 11.5. The van der Waals surface area contributed by atoms with Gasteiger partial charge in [0.15, 0.2) is 0 Å². The molecule has 0 spiro atoms. The van der Waals surface area contributed by atoms with Crippen molar-refractivity contribution in [3.8, 4) is 11.1 Å². The fourth-order valence-electron chi connectivity index (χ4n) is 2.82. The third-order valence-electron chi connectivity index (χ3n) is 3.84. The molecular weight excluding hydrogens is 359 g/mol. The summed E-state index contributed by atoms with van der Waals surface area (Å²) in [5, 5.41) is 3.25. The van der Waals surface area contributed by atoms with Crippen LogP contribution in [0.15, 0.2) is 60.7 Å². The Morgan fingerprint density at radius 1 is 0.864 bits per heavy atom. The van der Waals surface area contributed by atoms with E-state index in [0.29, 0.717) is 10.6 Å². The average Bonchev–Trinajstić information content (AvgIpc) is 2.93. The predicted molar refractivity (Wildman–Crippen MR) is 94.2 cm³/mol. The molecule has 0 bridgehead atoms. The van der Waals surface area contributed by atoms with E-state index < -0.39 is 0 Å². The van der Waals surface area contributed by atoms with Crippen LogP contribution in [0.25, 0.3) is 30.4 Å². The SMILES string of the molecule is O=Cc1ccc(Cl)cc1-c1cccc2c1[se]c1ccccc12. The number of carbonyl (C=O) groups excluding carboxylic acids is 1. The molecule has 0 aliphatic heterocycles. The summed E-state index contributed by atoms with van der Waals surface area (Å²) in [6, 6.07) is 20.3. The van der Waals surface area contributed by atoms with E-state index in [2.05, 4.69) is 42.5 Å². The third kappa shape index (κ3) is 2.12. The van der Waals surface area contributed by atoms with Crippen LogP contribution in [-0.2, 0) is 0 Å². The van der Waals surface area contributed by atoms with Gasteiger partial charge in [0.05, 0.1) is 0 Å². The Morgan fingerprint density at radius 3 is 2.55 bits per heavy atom. The van der Waals surface area contributed by atoms with Crippen LogP contribution in [0.3, 0.4) is 0 Å². The van der Waals surface area contributed by atoms with Gasteiger partial charge >= 0.3 is 139 Å². The van der Waals surface area contributed by atoms with E-state index in [1.165, 1.54) is 19.3 Å². The van der Waals surface area contributed by atoms with E-state index in [4.69, 9.17) is 11.6 Å². The molecule has 4 rings (SSSR count). The van der Waals surface area contributed by atoms with E-state index in [9.17, 15) is 4.79 Å². The Hall–Kier alpha value is -1.86. The number of carbonyl (C=O) groups is 1. The topological polar surface area (TPSA) is 17.1 Å². The van der Waals surface area contributed by atoms with Gasteiger partial charge in [0.25, 0.3) is 0 Å². The van der Waals surface area contributed by atoms with Crippen molar-refractivity contribution in [3.05, 3.63) is 71.2 Å². The number of hydrogen-bond donors (Lipinski definition) is 0. The molecule has 1 nitrogen and oxygen atoms in total. The molecule has 0 saturated carbocycles.